The van der Waals surface area contributed by atoms with E-state index in [1.165, 1.54) is 17.7 Å². The molecular formula is C20H22FN3. The van der Waals surface area contributed by atoms with Gasteiger partial charge in [-0.1, -0.05) is 32.0 Å². The van der Waals surface area contributed by atoms with Crippen molar-refractivity contribution in [2.45, 2.75) is 20.4 Å². The van der Waals surface area contributed by atoms with E-state index in [9.17, 15) is 4.39 Å². The van der Waals surface area contributed by atoms with Gasteiger partial charge in [-0.15, -0.1) is 0 Å². The van der Waals surface area contributed by atoms with E-state index in [0.29, 0.717) is 5.92 Å². The molecule has 0 fully saturated rings. The van der Waals surface area contributed by atoms with Gasteiger partial charge in [-0.2, -0.15) is 0 Å². The van der Waals surface area contributed by atoms with Crippen molar-refractivity contribution in [1.29, 1.82) is 0 Å². The first-order chi connectivity index (χ1) is 11.6. The van der Waals surface area contributed by atoms with Crippen LogP contribution in [0.5, 0.6) is 0 Å². The summed E-state index contributed by atoms with van der Waals surface area (Å²) in [6.07, 6.45) is 1.82. The lowest BCUT2D eigenvalue weighted by Gasteiger charge is -2.08. The van der Waals surface area contributed by atoms with E-state index in [0.717, 1.165) is 35.7 Å². The molecule has 0 unspecified atom stereocenters. The third-order valence-electron chi connectivity index (χ3n) is 3.81. The van der Waals surface area contributed by atoms with E-state index in [1.54, 1.807) is 12.1 Å². The second-order valence-corrected chi connectivity index (χ2v) is 6.38. The molecule has 3 rings (SSSR count). The minimum atomic E-state index is -0.243. The first kappa shape index (κ1) is 16.4. The molecule has 0 saturated carbocycles. The molecule has 0 saturated heterocycles. The highest BCUT2D eigenvalue weighted by atomic mass is 19.1. The summed E-state index contributed by atoms with van der Waals surface area (Å²) in [6.45, 7) is 6.25. The number of hydrogen-bond donors (Lipinski definition) is 2. The zero-order valence-electron chi connectivity index (χ0n) is 14.0. The standard InChI is InChI=1S/C20H22FN3/c1-14(2)11-22-12-15-4-3-5-17(10-15)19-13-23-20(24-19)16-6-8-18(21)9-7-16/h3-10,13-14,22H,11-12H2,1-2H3,(H,23,24). The zero-order valence-corrected chi connectivity index (χ0v) is 14.0. The van der Waals surface area contributed by atoms with Gasteiger partial charge in [0.1, 0.15) is 11.6 Å². The van der Waals surface area contributed by atoms with Crippen molar-refractivity contribution in [2.75, 3.05) is 6.54 Å². The summed E-state index contributed by atoms with van der Waals surface area (Å²) in [5, 5.41) is 3.45. The molecule has 0 atom stereocenters. The van der Waals surface area contributed by atoms with Gasteiger partial charge < -0.3 is 10.3 Å². The molecule has 24 heavy (non-hydrogen) atoms. The molecule has 2 N–H and O–H groups in total. The molecule has 2 aromatic carbocycles. The van der Waals surface area contributed by atoms with Crippen molar-refractivity contribution in [3.63, 3.8) is 0 Å². The Morgan fingerprint density at radius 1 is 1.08 bits per heavy atom. The maximum atomic E-state index is 13.0. The van der Waals surface area contributed by atoms with Gasteiger partial charge >= 0.3 is 0 Å². The summed E-state index contributed by atoms with van der Waals surface area (Å²) >= 11 is 0. The molecular weight excluding hydrogens is 301 g/mol. The van der Waals surface area contributed by atoms with Crippen LogP contribution in [0.2, 0.25) is 0 Å². The van der Waals surface area contributed by atoms with E-state index in [4.69, 9.17) is 0 Å². The number of halogens is 1. The number of benzene rings is 2. The number of aromatic nitrogens is 2. The molecule has 3 nitrogen and oxygen atoms in total. The number of rotatable bonds is 6. The van der Waals surface area contributed by atoms with Crippen LogP contribution in [-0.4, -0.2) is 16.5 Å². The van der Waals surface area contributed by atoms with Crippen LogP contribution in [0.25, 0.3) is 22.6 Å². The molecule has 0 aliphatic rings. The number of imidazole rings is 1. The highest BCUT2D eigenvalue weighted by molar-refractivity contribution is 5.64. The highest BCUT2D eigenvalue weighted by Gasteiger charge is 2.06. The SMILES string of the molecule is CC(C)CNCc1cccc(-c2cnc(-c3ccc(F)cc3)[nH]2)c1. The van der Waals surface area contributed by atoms with E-state index >= 15 is 0 Å². The van der Waals surface area contributed by atoms with Crippen LogP contribution >= 0.6 is 0 Å². The van der Waals surface area contributed by atoms with Crippen LogP contribution in [-0.2, 0) is 6.54 Å². The van der Waals surface area contributed by atoms with Gasteiger partial charge in [0.15, 0.2) is 0 Å². The van der Waals surface area contributed by atoms with Crippen LogP contribution in [0, 0.1) is 11.7 Å². The normalized spacial score (nSPS) is 11.2. The predicted octanol–water partition coefficient (Wildman–Crippen LogP) is 4.63. The summed E-state index contributed by atoms with van der Waals surface area (Å²) in [6, 6.07) is 14.7. The fourth-order valence-corrected chi connectivity index (χ4v) is 2.58. The Bertz CT molecular complexity index is 791. The average molecular weight is 323 g/mol. The largest absolute Gasteiger partial charge is 0.338 e. The van der Waals surface area contributed by atoms with Gasteiger partial charge in [-0.3, -0.25) is 0 Å². The molecule has 0 amide bonds. The molecule has 0 radical (unpaired) electrons. The Labute approximate surface area is 142 Å². The number of H-pyrrole nitrogens is 1. The van der Waals surface area contributed by atoms with Gasteiger partial charge in [0.05, 0.1) is 11.9 Å². The number of aromatic amines is 1. The van der Waals surface area contributed by atoms with Gasteiger partial charge in [0.2, 0.25) is 0 Å². The summed E-state index contributed by atoms with van der Waals surface area (Å²) < 4.78 is 13.0. The molecule has 0 spiro atoms. The van der Waals surface area contributed by atoms with Gasteiger partial charge in [0.25, 0.3) is 0 Å². The predicted molar refractivity (Wildman–Crippen MR) is 96.0 cm³/mol. The van der Waals surface area contributed by atoms with Crippen LogP contribution in [0.1, 0.15) is 19.4 Å². The fourth-order valence-electron chi connectivity index (χ4n) is 2.58. The zero-order chi connectivity index (χ0) is 16.9. The quantitative estimate of drug-likeness (QED) is 0.694. The van der Waals surface area contributed by atoms with Crippen molar-refractivity contribution >= 4 is 0 Å². The van der Waals surface area contributed by atoms with Crippen LogP contribution < -0.4 is 5.32 Å². The monoisotopic (exact) mass is 323 g/mol. The molecule has 3 aromatic rings. The molecule has 0 aliphatic heterocycles. The van der Waals surface area contributed by atoms with Crippen molar-refractivity contribution in [3.8, 4) is 22.6 Å². The van der Waals surface area contributed by atoms with Crippen molar-refractivity contribution in [2.24, 2.45) is 5.92 Å². The van der Waals surface area contributed by atoms with Crippen molar-refractivity contribution in [1.82, 2.24) is 15.3 Å². The Morgan fingerprint density at radius 2 is 1.88 bits per heavy atom. The van der Waals surface area contributed by atoms with E-state index in [-0.39, 0.29) is 5.82 Å². The first-order valence-electron chi connectivity index (χ1n) is 8.23. The molecule has 0 aliphatic carbocycles. The van der Waals surface area contributed by atoms with Crippen LogP contribution in [0.3, 0.4) is 0 Å². The van der Waals surface area contributed by atoms with Crippen molar-refractivity contribution < 1.29 is 4.39 Å². The smallest absolute Gasteiger partial charge is 0.137 e. The summed E-state index contributed by atoms with van der Waals surface area (Å²) in [4.78, 5) is 7.73. The third kappa shape index (κ3) is 4.09. The average Bonchev–Trinajstić information content (AvgIpc) is 3.05. The number of hydrogen-bond acceptors (Lipinski definition) is 2. The maximum Gasteiger partial charge on any atom is 0.137 e. The summed E-state index contributed by atoms with van der Waals surface area (Å²) in [5.74, 6) is 1.14. The fraction of sp³-hybridized carbons (Fsp3) is 0.250. The van der Waals surface area contributed by atoms with Gasteiger partial charge in [-0.25, -0.2) is 9.37 Å². The lowest BCUT2D eigenvalue weighted by molar-refractivity contribution is 0.552. The first-order valence-corrected chi connectivity index (χ1v) is 8.23. The summed E-state index contributed by atoms with van der Waals surface area (Å²) in [5.41, 5.74) is 4.17. The lowest BCUT2D eigenvalue weighted by atomic mass is 10.1. The lowest BCUT2D eigenvalue weighted by Crippen LogP contribution is -2.18. The topological polar surface area (TPSA) is 40.7 Å². The molecule has 1 aromatic heterocycles. The molecule has 4 heteroatoms. The Kier molecular flexibility index (Phi) is 5.06. The van der Waals surface area contributed by atoms with E-state index in [2.05, 4.69) is 53.4 Å². The minimum Gasteiger partial charge on any atom is -0.338 e. The second kappa shape index (κ2) is 7.41. The molecule has 0 bridgehead atoms. The molecule has 1 heterocycles. The minimum absolute atomic E-state index is 0.243. The van der Waals surface area contributed by atoms with Gasteiger partial charge in [-0.05, 0) is 53.9 Å². The number of nitrogens with zero attached hydrogens (tertiary/aromatic N) is 1. The Balaban J connectivity index is 1.76. The maximum absolute atomic E-state index is 13.0. The van der Waals surface area contributed by atoms with Crippen LogP contribution in [0.15, 0.2) is 54.7 Å². The van der Waals surface area contributed by atoms with Crippen LogP contribution in [0.4, 0.5) is 4.39 Å². The molecule has 124 valence electrons. The Hall–Kier alpha value is -2.46. The van der Waals surface area contributed by atoms with Crippen molar-refractivity contribution in [3.05, 3.63) is 66.1 Å². The van der Waals surface area contributed by atoms with Gasteiger partial charge in [0, 0.05) is 12.1 Å². The highest BCUT2D eigenvalue weighted by Crippen LogP contribution is 2.23. The van der Waals surface area contributed by atoms with E-state index in [1.807, 2.05) is 6.20 Å². The van der Waals surface area contributed by atoms with E-state index < -0.39 is 0 Å². The second-order valence-electron chi connectivity index (χ2n) is 6.38. The number of nitrogens with one attached hydrogen (secondary N) is 2. The third-order valence-corrected chi connectivity index (χ3v) is 3.81. The Morgan fingerprint density at radius 3 is 2.62 bits per heavy atom. The summed E-state index contributed by atoms with van der Waals surface area (Å²) in [7, 11) is 0.